The van der Waals surface area contributed by atoms with Gasteiger partial charge in [-0.05, 0) is 37.0 Å². The van der Waals surface area contributed by atoms with Gasteiger partial charge in [-0.15, -0.1) is 0 Å². The first-order valence-corrected chi connectivity index (χ1v) is 11.1. The average Bonchev–Trinajstić information content (AvgIpc) is 3.13. The summed E-state index contributed by atoms with van der Waals surface area (Å²) in [4.78, 5) is 13.1. The molecule has 1 aliphatic carbocycles. The normalized spacial score (nSPS) is 25.6. The molecule has 0 unspecified atom stereocenters. The number of allylic oxidation sites excluding steroid dienone is 1. The van der Waals surface area contributed by atoms with Crippen LogP contribution >= 0.6 is 15.9 Å². The lowest BCUT2D eigenvalue weighted by molar-refractivity contribution is -0.136. The van der Waals surface area contributed by atoms with Crippen LogP contribution in [0.4, 0.5) is 0 Å². The third-order valence-corrected chi connectivity index (χ3v) is 5.99. The van der Waals surface area contributed by atoms with Gasteiger partial charge in [0.15, 0.2) is 0 Å². The van der Waals surface area contributed by atoms with E-state index < -0.39 is 5.97 Å². The molecule has 160 valence electrons. The van der Waals surface area contributed by atoms with Crippen molar-refractivity contribution in [2.45, 2.75) is 50.5 Å². The number of benzene rings is 1. The van der Waals surface area contributed by atoms with Crippen molar-refractivity contribution >= 4 is 21.9 Å². The predicted molar refractivity (Wildman–Crippen MR) is 114 cm³/mol. The monoisotopic (exact) mass is 467 g/mol. The lowest BCUT2D eigenvalue weighted by Crippen LogP contribution is -2.49. The Morgan fingerprint density at radius 2 is 1.93 bits per heavy atom. The SMILES string of the molecule is O=C(O)CC/C=C\CO[C@H]1[C@H](OCc2ccc(Br)cc2)CC[C@@H]1N1CCOCC1. The molecule has 3 atom stereocenters. The zero-order chi connectivity index (χ0) is 20.5. The number of ether oxygens (including phenoxy) is 3. The maximum absolute atomic E-state index is 10.6. The third kappa shape index (κ3) is 7.19. The van der Waals surface area contributed by atoms with E-state index in [9.17, 15) is 4.79 Å². The molecule has 0 bridgehead atoms. The van der Waals surface area contributed by atoms with Crippen molar-refractivity contribution in [3.63, 3.8) is 0 Å². The lowest BCUT2D eigenvalue weighted by atomic mass is 10.1. The summed E-state index contributed by atoms with van der Waals surface area (Å²) in [5.74, 6) is -0.778. The van der Waals surface area contributed by atoms with Gasteiger partial charge in [-0.1, -0.05) is 40.2 Å². The van der Waals surface area contributed by atoms with Gasteiger partial charge in [0.05, 0.1) is 38.6 Å². The smallest absolute Gasteiger partial charge is 0.303 e. The molecular formula is C22H30BrNO5. The van der Waals surface area contributed by atoms with E-state index in [0.717, 1.165) is 49.2 Å². The molecule has 1 aliphatic heterocycles. The number of rotatable bonds is 10. The minimum atomic E-state index is -0.778. The molecule has 1 saturated heterocycles. The van der Waals surface area contributed by atoms with Gasteiger partial charge in [-0.2, -0.15) is 0 Å². The Morgan fingerprint density at radius 1 is 1.17 bits per heavy atom. The topological polar surface area (TPSA) is 68.2 Å². The van der Waals surface area contributed by atoms with Gasteiger partial charge < -0.3 is 19.3 Å². The molecule has 2 fully saturated rings. The Hall–Kier alpha value is -1.25. The molecule has 0 radical (unpaired) electrons. The lowest BCUT2D eigenvalue weighted by Gasteiger charge is -2.36. The first-order valence-electron chi connectivity index (χ1n) is 10.3. The molecule has 1 aromatic carbocycles. The molecular weight excluding hydrogens is 438 g/mol. The summed E-state index contributed by atoms with van der Waals surface area (Å²) >= 11 is 3.46. The molecule has 0 aromatic heterocycles. The Bertz CT molecular complexity index is 660. The van der Waals surface area contributed by atoms with Crippen LogP contribution in [0.15, 0.2) is 40.9 Å². The van der Waals surface area contributed by atoms with Crippen molar-refractivity contribution < 1.29 is 24.1 Å². The molecule has 3 rings (SSSR count). The van der Waals surface area contributed by atoms with E-state index in [0.29, 0.717) is 25.7 Å². The fraction of sp³-hybridized carbons (Fsp3) is 0.591. The van der Waals surface area contributed by atoms with Crippen LogP contribution in [0.25, 0.3) is 0 Å². The second kappa shape index (κ2) is 11.8. The van der Waals surface area contributed by atoms with Crippen molar-refractivity contribution in [2.24, 2.45) is 0 Å². The largest absolute Gasteiger partial charge is 0.481 e. The zero-order valence-electron chi connectivity index (χ0n) is 16.7. The number of hydrogen-bond acceptors (Lipinski definition) is 5. The van der Waals surface area contributed by atoms with Crippen molar-refractivity contribution in [3.8, 4) is 0 Å². The number of carboxylic acid groups (broad SMARTS) is 1. The fourth-order valence-electron chi connectivity index (χ4n) is 3.95. The minimum absolute atomic E-state index is 0.00710. The summed E-state index contributed by atoms with van der Waals surface area (Å²) in [5.41, 5.74) is 1.15. The van der Waals surface area contributed by atoms with Gasteiger partial charge in [0.2, 0.25) is 0 Å². The number of aliphatic carboxylic acids is 1. The maximum Gasteiger partial charge on any atom is 0.303 e. The molecule has 7 heteroatoms. The summed E-state index contributed by atoms with van der Waals surface area (Å²) in [5, 5.41) is 8.72. The van der Waals surface area contributed by atoms with Gasteiger partial charge >= 0.3 is 5.97 Å². The highest BCUT2D eigenvalue weighted by Crippen LogP contribution is 2.31. The highest BCUT2D eigenvalue weighted by atomic mass is 79.9. The predicted octanol–water partition coefficient (Wildman–Crippen LogP) is 3.64. The molecule has 29 heavy (non-hydrogen) atoms. The Morgan fingerprint density at radius 3 is 2.66 bits per heavy atom. The van der Waals surface area contributed by atoms with E-state index in [-0.39, 0.29) is 18.6 Å². The van der Waals surface area contributed by atoms with Gasteiger partial charge in [0.1, 0.15) is 0 Å². The van der Waals surface area contributed by atoms with E-state index in [4.69, 9.17) is 19.3 Å². The fourth-order valence-corrected chi connectivity index (χ4v) is 4.21. The van der Waals surface area contributed by atoms with E-state index in [1.165, 1.54) is 0 Å². The molecule has 1 saturated carbocycles. The van der Waals surface area contributed by atoms with Crippen molar-refractivity contribution in [1.82, 2.24) is 4.90 Å². The molecule has 1 heterocycles. The zero-order valence-corrected chi connectivity index (χ0v) is 18.3. The maximum atomic E-state index is 10.6. The van der Waals surface area contributed by atoms with Crippen LogP contribution < -0.4 is 0 Å². The van der Waals surface area contributed by atoms with Crippen LogP contribution in [0.5, 0.6) is 0 Å². The summed E-state index contributed by atoms with van der Waals surface area (Å²) in [6.07, 6.45) is 6.57. The van der Waals surface area contributed by atoms with Gasteiger partial charge in [-0.25, -0.2) is 0 Å². The van der Waals surface area contributed by atoms with Crippen LogP contribution in [0, 0.1) is 0 Å². The molecule has 0 spiro atoms. The molecule has 1 N–H and O–H groups in total. The number of nitrogens with zero attached hydrogens (tertiary/aromatic N) is 1. The number of halogens is 1. The van der Waals surface area contributed by atoms with Crippen LogP contribution in [-0.4, -0.2) is 67.1 Å². The Labute approximate surface area is 180 Å². The van der Waals surface area contributed by atoms with Crippen molar-refractivity contribution in [3.05, 3.63) is 46.5 Å². The van der Waals surface area contributed by atoms with E-state index in [1.54, 1.807) is 0 Å². The van der Waals surface area contributed by atoms with Crippen molar-refractivity contribution in [1.29, 1.82) is 0 Å². The molecule has 6 nitrogen and oxygen atoms in total. The van der Waals surface area contributed by atoms with E-state index in [1.807, 2.05) is 24.3 Å². The second-order valence-corrected chi connectivity index (χ2v) is 8.39. The van der Waals surface area contributed by atoms with Crippen LogP contribution in [0.2, 0.25) is 0 Å². The summed E-state index contributed by atoms with van der Waals surface area (Å²) in [6, 6.07) is 8.53. The van der Waals surface area contributed by atoms with Crippen LogP contribution in [-0.2, 0) is 25.6 Å². The van der Waals surface area contributed by atoms with E-state index in [2.05, 4.69) is 33.0 Å². The standard InChI is InChI=1S/C22H30BrNO5/c23-18-7-5-17(6-8-18)16-29-20-10-9-19(24-11-14-27-15-12-24)22(20)28-13-3-1-2-4-21(25)26/h1,3,5-8,19-20,22H,2,4,9-16H2,(H,25,26)/b3-1-/t19-,20+,22+/m0/s1. The van der Waals surface area contributed by atoms with Crippen LogP contribution in [0.3, 0.4) is 0 Å². The summed E-state index contributed by atoms with van der Waals surface area (Å²) < 4.78 is 19.1. The molecule has 1 aromatic rings. The van der Waals surface area contributed by atoms with Gasteiger partial charge in [0, 0.05) is 30.0 Å². The quantitative estimate of drug-likeness (QED) is 0.529. The summed E-state index contributed by atoms with van der Waals surface area (Å²) in [6.45, 7) is 4.44. The Kier molecular flexibility index (Phi) is 9.14. The highest BCUT2D eigenvalue weighted by molar-refractivity contribution is 9.10. The first-order chi connectivity index (χ1) is 14.1. The molecule has 0 amide bonds. The van der Waals surface area contributed by atoms with E-state index >= 15 is 0 Å². The third-order valence-electron chi connectivity index (χ3n) is 5.46. The van der Waals surface area contributed by atoms with Crippen molar-refractivity contribution in [2.75, 3.05) is 32.9 Å². The van der Waals surface area contributed by atoms with Gasteiger partial charge in [0.25, 0.3) is 0 Å². The highest BCUT2D eigenvalue weighted by Gasteiger charge is 2.41. The number of carboxylic acids is 1. The minimum Gasteiger partial charge on any atom is -0.481 e. The average molecular weight is 468 g/mol. The number of carbonyl (C=O) groups is 1. The Balaban J connectivity index is 1.55. The second-order valence-electron chi connectivity index (χ2n) is 7.47. The summed E-state index contributed by atoms with van der Waals surface area (Å²) in [7, 11) is 0. The van der Waals surface area contributed by atoms with Crippen LogP contribution in [0.1, 0.15) is 31.2 Å². The molecule has 2 aliphatic rings. The first kappa shape index (κ1) is 22.4. The number of morpholine rings is 1. The van der Waals surface area contributed by atoms with Gasteiger partial charge in [-0.3, -0.25) is 9.69 Å². The number of hydrogen-bond donors (Lipinski definition) is 1.